The fourth-order valence-corrected chi connectivity index (χ4v) is 12.1. The highest BCUT2D eigenvalue weighted by Gasteiger charge is 2.33. The van der Waals surface area contributed by atoms with Crippen LogP contribution in [-0.4, -0.2) is 83.1 Å². The fraction of sp³-hybridized carbons (Fsp3) is 0.571. The smallest absolute Gasteiger partial charge is 0.161 e. The summed E-state index contributed by atoms with van der Waals surface area (Å²) in [4.78, 5) is 0. The van der Waals surface area contributed by atoms with Crippen molar-refractivity contribution in [1.29, 1.82) is 0 Å². The minimum absolute atomic E-state index is 0.240. The zero-order chi connectivity index (χ0) is 47.6. The van der Waals surface area contributed by atoms with Gasteiger partial charge in [-0.05, 0) is 195 Å². The lowest BCUT2D eigenvalue weighted by Gasteiger charge is -2.36. The van der Waals surface area contributed by atoms with E-state index in [0.29, 0.717) is 11.8 Å². The Kier molecular flexibility index (Phi) is 17.2. The van der Waals surface area contributed by atoms with Gasteiger partial charge in [-0.3, -0.25) is 0 Å². The molecule has 0 aliphatic carbocycles. The Morgan fingerprint density at radius 1 is 0.353 bits per heavy atom. The Morgan fingerprint density at radius 3 is 0.941 bits per heavy atom. The molecule has 0 saturated carbocycles. The second kappa shape index (κ2) is 23.6. The number of benzene rings is 4. The minimum Gasteiger partial charge on any atom is -0.493 e. The Bertz CT molecular complexity index is 2140. The van der Waals surface area contributed by atoms with E-state index < -0.39 is 0 Å². The Balaban J connectivity index is 1.01. The maximum absolute atomic E-state index is 5.89. The third-order valence-corrected chi connectivity index (χ3v) is 15.6. The highest BCUT2D eigenvalue weighted by Crippen LogP contribution is 2.45. The van der Waals surface area contributed by atoms with E-state index in [2.05, 4.69) is 69.8 Å². The molecule has 0 aromatic heterocycles. The summed E-state index contributed by atoms with van der Waals surface area (Å²) in [5.41, 5.74) is 10.8. The highest BCUT2D eigenvalue weighted by molar-refractivity contribution is 5.52. The van der Waals surface area contributed by atoms with Gasteiger partial charge in [0.25, 0.3) is 0 Å². The van der Waals surface area contributed by atoms with Gasteiger partial charge in [0.05, 0.1) is 56.9 Å². The van der Waals surface area contributed by atoms with E-state index in [1.54, 1.807) is 56.9 Å². The van der Waals surface area contributed by atoms with Gasteiger partial charge in [-0.2, -0.15) is 0 Å². The molecule has 12 heteroatoms. The van der Waals surface area contributed by atoms with Crippen molar-refractivity contribution in [2.75, 3.05) is 83.1 Å². The van der Waals surface area contributed by atoms with Crippen molar-refractivity contribution >= 4 is 0 Å². The van der Waals surface area contributed by atoms with Crippen molar-refractivity contribution in [3.05, 3.63) is 93.0 Å². The van der Waals surface area contributed by atoms with Crippen molar-refractivity contribution in [2.24, 2.45) is 11.8 Å². The zero-order valence-electron chi connectivity index (χ0n) is 42.1. The van der Waals surface area contributed by atoms with Crippen molar-refractivity contribution in [3.8, 4) is 46.0 Å². The summed E-state index contributed by atoms with van der Waals surface area (Å²) in [5.74, 6) is 7.33. The number of fused-ring (bicyclic) bond motifs is 4. The standard InChI is InChI=1S/C56H78N4O8/c1-61-47-27-37-19-23-57-45(41(37)31-51(47)65-5)17-11-15-35(55-43-33-53(67-7)49(63-3)29-39(43)21-25-59-55)13-9-10-14-36(56-44-34-54(68-8)50(64-4)30-40(44)22-26-60-56)16-12-18-46-42-32-52(66-6)48(62-2)28-38(42)20-24-58-46/h27-36,45-46,55-60H,9-26H2,1-8H3. The van der Waals surface area contributed by atoms with Crippen LogP contribution in [0.2, 0.25) is 0 Å². The predicted octanol–water partition coefficient (Wildman–Crippen LogP) is 9.74. The molecule has 4 aromatic rings. The van der Waals surface area contributed by atoms with Crippen LogP contribution in [-0.2, 0) is 25.7 Å². The molecule has 4 aliphatic rings. The van der Waals surface area contributed by atoms with Crippen molar-refractivity contribution in [3.63, 3.8) is 0 Å². The average Bonchev–Trinajstić information content (AvgIpc) is 3.38. The van der Waals surface area contributed by atoms with E-state index in [-0.39, 0.29) is 24.2 Å². The van der Waals surface area contributed by atoms with E-state index in [4.69, 9.17) is 37.9 Å². The molecule has 0 fully saturated rings. The van der Waals surface area contributed by atoms with Crippen LogP contribution in [0.15, 0.2) is 48.5 Å². The van der Waals surface area contributed by atoms with Crippen molar-refractivity contribution in [1.82, 2.24) is 21.3 Å². The number of hydrogen-bond acceptors (Lipinski definition) is 12. The van der Waals surface area contributed by atoms with Gasteiger partial charge in [0.2, 0.25) is 0 Å². The Hall–Kier alpha value is -4.88. The molecule has 68 heavy (non-hydrogen) atoms. The first kappa shape index (κ1) is 49.5. The average molecular weight is 935 g/mol. The van der Waals surface area contributed by atoms with Gasteiger partial charge in [-0.15, -0.1) is 0 Å². The number of hydrogen-bond donors (Lipinski definition) is 4. The summed E-state index contributed by atoms with van der Waals surface area (Å²) in [5, 5.41) is 15.7. The first-order valence-electron chi connectivity index (χ1n) is 25.3. The highest BCUT2D eigenvalue weighted by atomic mass is 16.5. The van der Waals surface area contributed by atoms with Gasteiger partial charge in [0.1, 0.15) is 0 Å². The molecule has 370 valence electrons. The van der Waals surface area contributed by atoms with E-state index >= 15 is 0 Å². The number of methoxy groups -OCH3 is 8. The predicted molar refractivity (Wildman–Crippen MR) is 269 cm³/mol. The van der Waals surface area contributed by atoms with Crippen LogP contribution in [0.4, 0.5) is 0 Å². The molecule has 12 nitrogen and oxygen atoms in total. The summed E-state index contributed by atoms with van der Waals surface area (Å²) < 4.78 is 46.2. The SMILES string of the molecule is COc1cc2c(cc1OC)C(CCCC(CCCCC(CCCC1NCCc3cc(OC)c(OC)cc31)C1NCCc3cc(OC)c(OC)cc31)C1NCCc3cc(OC)c(OC)cc31)NCC2. The molecule has 0 saturated heterocycles. The molecule has 6 unspecified atom stereocenters. The van der Waals surface area contributed by atoms with Gasteiger partial charge >= 0.3 is 0 Å². The number of unbranched alkanes of at least 4 members (excludes halogenated alkanes) is 1. The first-order chi connectivity index (χ1) is 33.3. The molecule has 0 bridgehead atoms. The first-order valence-corrected chi connectivity index (χ1v) is 25.3. The topological polar surface area (TPSA) is 122 Å². The normalized spacial score (nSPS) is 20.4. The van der Waals surface area contributed by atoms with Crippen molar-refractivity contribution < 1.29 is 37.9 Å². The molecule has 0 amide bonds. The number of nitrogens with one attached hydrogen (secondary N) is 4. The number of rotatable bonds is 23. The van der Waals surface area contributed by atoms with Crippen LogP contribution in [0.5, 0.6) is 46.0 Å². The molecule has 4 N–H and O–H groups in total. The summed E-state index contributed by atoms with van der Waals surface area (Å²) in [6.45, 7) is 3.83. The third-order valence-electron chi connectivity index (χ3n) is 15.6. The molecule has 6 atom stereocenters. The second-order valence-electron chi connectivity index (χ2n) is 19.2. The van der Waals surface area contributed by atoms with Gasteiger partial charge in [0, 0.05) is 24.2 Å². The summed E-state index contributed by atoms with van der Waals surface area (Å²) >= 11 is 0. The van der Waals surface area contributed by atoms with Gasteiger partial charge < -0.3 is 59.2 Å². The summed E-state index contributed by atoms with van der Waals surface area (Å²) in [6, 6.07) is 18.7. The molecule has 0 spiro atoms. The monoisotopic (exact) mass is 935 g/mol. The largest absolute Gasteiger partial charge is 0.493 e. The van der Waals surface area contributed by atoms with Crippen LogP contribution < -0.4 is 59.2 Å². The maximum Gasteiger partial charge on any atom is 0.161 e. The lowest BCUT2D eigenvalue weighted by molar-refractivity contribution is 0.265. The van der Waals surface area contributed by atoms with Gasteiger partial charge in [0.15, 0.2) is 46.0 Å². The van der Waals surface area contributed by atoms with E-state index in [1.165, 1.54) is 44.5 Å². The van der Waals surface area contributed by atoms with Crippen molar-refractivity contribution in [2.45, 2.75) is 114 Å². The van der Waals surface area contributed by atoms with Crippen LogP contribution in [0.1, 0.15) is 133 Å². The second-order valence-corrected chi connectivity index (χ2v) is 19.2. The van der Waals surface area contributed by atoms with Crippen LogP contribution in [0.25, 0.3) is 0 Å². The van der Waals surface area contributed by atoms with E-state index in [9.17, 15) is 0 Å². The Morgan fingerprint density at radius 2 is 0.618 bits per heavy atom. The van der Waals surface area contributed by atoms with Gasteiger partial charge in [-0.25, -0.2) is 0 Å². The lowest BCUT2D eigenvalue weighted by Crippen LogP contribution is -2.36. The quantitative estimate of drug-likeness (QED) is 0.0530. The molecule has 0 radical (unpaired) electrons. The van der Waals surface area contributed by atoms with Crippen LogP contribution in [0.3, 0.4) is 0 Å². The molecule has 4 aromatic carbocycles. The molecular weight excluding hydrogens is 857 g/mol. The van der Waals surface area contributed by atoms with E-state index in [0.717, 1.165) is 162 Å². The molecular formula is C56H78N4O8. The minimum atomic E-state index is 0.240. The lowest BCUT2D eigenvalue weighted by atomic mass is 9.78. The fourth-order valence-electron chi connectivity index (χ4n) is 12.1. The summed E-state index contributed by atoms with van der Waals surface area (Å²) in [6.07, 6.45) is 15.2. The van der Waals surface area contributed by atoms with Crippen LogP contribution in [0, 0.1) is 11.8 Å². The molecule has 8 rings (SSSR count). The summed E-state index contributed by atoms with van der Waals surface area (Å²) in [7, 11) is 13.9. The number of ether oxygens (including phenoxy) is 8. The van der Waals surface area contributed by atoms with Crippen LogP contribution >= 0.6 is 0 Å². The molecule has 4 aliphatic heterocycles. The molecule has 4 heterocycles. The van der Waals surface area contributed by atoms with Gasteiger partial charge in [-0.1, -0.05) is 25.7 Å². The Labute approximate surface area is 405 Å². The third kappa shape index (κ3) is 10.9. The maximum atomic E-state index is 5.89. The zero-order valence-corrected chi connectivity index (χ0v) is 42.1. The van der Waals surface area contributed by atoms with E-state index in [1.807, 2.05) is 0 Å².